The number of rotatable bonds is 6. The Balaban J connectivity index is 1.51. The smallest absolute Gasteiger partial charge is 0.259 e. The number of methoxy groups -OCH3 is 2. The van der Waals surface area contributed by atoms with Crippen LogP contribution in [0.25, 0.3) is 10.8 Å². The maximum absolute atomic E-state index is 12.8. The minimum absolute atomic E-state index is 0.0374. The van der Waals surface area contributed by atoms with Crippen molar-refractivity contribution in [2.24, 2.45) is 0 Å². The Morgan fingerprint density at radius 2 is 1.76 bits per heavy atom. The molecule has 1 atom stereocenters. The normalized spacial score (nSPS) is 13.5. The summed E-state index contributed by atoms with van der Waals surface area (Å²) in [5.74, 6) is 0.849. The molecule has 6 nitrogen and oxygen atoms in total. The van der Waals surface area contributed by atoms with Crippen molar-refractivity contribution in [1.82, 2.24) is 5.32 Å². The molecule has 1 N–H and O–H groups in total. The van der Waals surface area contributed by atoms with E-state index in [2.05, 4.69) is 5.32 Å². The number of amides is 2. The van der Waals surface area contributed by atoms with Crippen molar-refractivity contribution in [3.05, 3.63) is 65.7 Å². The van der Waals surface area contributed by atoms with Crippen molar-refractivity contribution in [3.63, 3.8) is 0 Å². The molecule has 3 aromatic rings. The van der Waals surface area contributed by atoms with Gasteiger partial charge in [0, 0.05) is 10.9 Å². The van der Waals surface area contributed by atoms with Gasteiger partial charge in [-0.3, -0.25) is 14.5 Å². The predicted molar refractivity (Wildman–Crippen MR) is 112 cm³/mol. The summed E-state index contributed by atoms with van der Waals surface area (Å²) in [6.07, 6.45) is 0. The largest absolute Gasteiger partial charge is 0.493 e. The number of ether oxygens (including phenoxy) is 2. The third-order valence-electron chi connectivity index (χ3n) is 5.24. The van der Waals surface area contributed by atoms with Crippen molar-refractivity contribution >= 4 is 28.3 Å². The van der Waals surface area contributed by atoms with Gasteiger partial charge in [-0.25, -0.2) is 0 Å². The maximum atomic E-state index is 12.8. The highest BCUT2D eigenvalue weighted by molar-refractivity contribution is 6.26. The molecule has 1 aliphatic rings. The van der Waals surface area contributed by atoms with Gasteiger partial charge in [0.2, 0.25) is 5.91 Å². The first kappa shape index (κ1) is 18.8. The number of hydrogen-bond acceptors (Lipinski definition) is 4. The van der Waals surface area contributed by atoms with E-state index in [9.17, 15) is 9.59 Å². The zero-order valence-corrected chi connectivity index (χ0v) is 16.6. The van der Waals surface area contributed by atoms with Crippen LogP contribution in [0.2, 0.25) is 0 Å². The van der Waals surface area contributed by atoms with E-state index in [1.54, 1.807) is 26.4 Å². The highest BCUT2D eigenvalue weighted by Gasteiger charge is 2.31. The lowest BCUT2D eigenvalue weighted by Gasteiger charge is -2.20. The molecule has 0 aromatic heterocycles. The lowest BCUT2D eigenvalue weighted by molar-refractivity contribution is -0.120. The first-order valence-corrected chi connectivity index (χ1v) is 9.38. The lowest BCUT2D eigenvalue weighted by Crippen LogP contribution is -2.39. The summed E-state index contributed by atoms with van der Waals surface area (Å²) in [5, 5.41) is 4.86. The quantitative estimate of drug-likeness (QED) is 0.697. The molecule has 148 valence electrons. The van der Waals surface area contributed by atoms with Crippen LogP contribution in [0.15, 0.2) is 54.6 Å². The predicted octanol–water partition coefficient (Wildman–Crippen LogP) is 3.69. The van der Waals surface area contributed by atoms with Crippen molar-refractivity contribution in [2.45, 2.75) is 13.0 Å². The Kier molecular flexibility index (Phi) is 4.84. The topological polar surface area (TPSA) is 67.9 Å². The van der Waals surface area contributed by atoms with Crippen LogP contribution in [0.1, 0.15) is 28.9 Å². The second-order valence-electron chi connectivity index (χ2n) is 6.98. The molecule has 0 fully saturated rings. The van der Waals surface area contributed by atoms with E-state index in [1.165, 1.54) is 4.90 Å². The van der Waals surface area contributed by atoms with Gasteiger partial charge in [0.25, 0.3) is 5.91 Å². The fourth-order valence-corrected chi connectivity index (χ4v) is 3.77. The van der Waals surface area contributed by atoms with E-state index in [-0.39, 0.29) is 24.4 Å². The zero-order chi connectivity index (χ0) is 20.5. The number of hydrogen-bond donors (Lipinski definition) is 1. The van der Waals surface area contributed by atoms with Crippen molar-refractivity contribution in [2.75, 3.05) is 25.7 Å². The van der Waals surface area contributed by atoms with Gasteiger partial charge in [0.05, 0.1) is 25.9 Å². The van der Waals surface area contributed by atoms with Crippen LogP contribution in [0.4, 0.5) is 5.69 Å². The molecule has 4 rings (SSSR count). The first-order chi connectivity index (χ1) is 14.0. The summed E-state index contributed by atoms with van der Waals surface area (Å²) < 4.78 is 10.6. The Bertz CT molecular complexity index is 1100. The van der Waals surface area contributed by atoms with Gasteiger partial charge < -0.3 is 14.8 Å². The van der Waals surface area contributed by atoms with Gasteiger partial charge >= 0.3 is 0 Å². The number of benzene rings is 3. The molecule has 1 aliphatic heterocycles. The molecule has 2 amide bonds. The molecule has 0 radical (unpaired) electrons. The number of nitrogens with zero attached hydrogens (tertiary/aromatic N) is 1. The van der Waals surface area contributed by atoms with Gasteiger partial charge in [-0.2, -0.15) is 0 Å². The third-order valence-corrected chi connectivity index (χ3v) is 5.24. The number of carbonyl (C=O) groups is 2. The van der Waals surface area contributed by atoms with E-state index >= 15 is 0 Å². The maximum Gasteiger partial charge on any atom is 0.259 e. The first-order valence-electron chi connectivity index (χ1n) is 9.38. The highest BCUT2D eigenvalue weighted by atomic mass is 16.5. The molecule has 29 heavy (non-hydrogen) atoms. The summed E-state index contributed by atoms with van der Waals surface area (Å²) in [6, 6.07) is 16.7. The van der Waals surface area contributed by atoms with Crippen molar-refractivity contribution in [3.8, 4) is 11.5 Å². The fraction of sp³-hybridized carbons (Fsp3) is 0.217. The molecule has 1 heterocycles. The van der Waals surface area contributed by atoms with E-state index in [1.807, 2.05) is 49.4 Å². The second kappa shape index (κ2) is 7.47. The summed E-state index contributed by atoms with van der Waals surface area (Å²) in [6.45, 7) is 1.85. The minimum atomic E-state index is -0.252. The van der Waals surface area contributed by atoms with E-state index in [0.717, 1.165) is 22.0 Å². The number of carbonyl (C=O) groups excluding carboxylic acids is 2. The van der Waals surface area contributed by atoms with Crippen molar-refractivity contribution in [1.29, 1.82) is 0 Å². The van der Waals surface area contributed by atoms with Crippen LogP contribution in [-0.4, -0.2) is 32.6 Å². The van der Waals surface area contributed by atoms with Crippen LogP contribution in [0.3, 0.4) is 0 Å². The molecular weight excluding hydrogens is 368 g/mol. The van der Waals surface area contributed by atoms with Crippen LogP contribution >= 0.6 is 0 Å². The van der Waals surface area contributed by atoms with Crippen LogP contribution in [-0.2, 0) is 4.79 Å². The SMILES string of the molecule is COc1ccc(C(C)NC(=O)CN2C(=O)c3cccc4cccc2c34)cc1OC. The summed E-state index contributed by atoms with van der Waals surface area (Å²) in [4.78, 5) is 27.1. The van der Waals surface area contributed by atoms with Crippen LogP contribution in [0.5, 0.6) is 11.5 Å². The average Bonchev–Trinajstić information content (AvgIpc) is 3.01. The third kappa shape index (κ3) is 3.27. The molecule has 0 saturated heterocycles. The molecule has 0 spiro atoms. The Morgan fingerprint density at radius 1 is 1.03 bits per heavy atom. The summed E-state index contributed by atoms with van der Waals surface area (Å²) in [5.41, 5.74) is 2.30. The van der Waals surface area contributed by atoms with Gasteiger partial charge in [-0.15, -0.1) is 0 Å². The lowest BCUT2D eigenvalue weighted by atomic mass is 10.1. The Labute approximate surface area is 169 Å². The summed E-state index contributed by atoms with van der Waals surface area (Å²) in [7, 11) is 3.15. The van der Waals surface area contributed by atoms with Gasteiger partial charge in [-0.05, 0) is 42.1 Å². The Hall–Kier alpha value is -3.54. The van der Waals surface area contributed by atoms with E-state index < -0.39 is 0 Å². The van der Waals surface area contributed by atoms with Gasteiger partial charge in [0.1, 0.15) is 6.54 Å². The molecule has 6 heteroatoms. The Morgan fingerprint density at radius 3 is 2.48 bits per heavy atom. The molecule has 3 aromatic carbocycles. The molecule has 0 aliphatic carbocycles. The van der Waals surface area contributed by atoms with Crippen LogP contribution < -0.4 is 19.7 Å². The standard InChI is InChI=1S/C23H22N2O4/c1-14(16-10-11-19(28-2)20(12-16)29-3)24-21(26)13-25-18-9-5-7-15-6-4-8-17(22(15)18)23(25)27/h4-12,14H,13H2,1-3H3,(H,24,26). The monoisotopic (exact) mass is 390 g/mol. The number of anilines is 1. The zero-order valence-electron chi connectivity index (χ0n) is 16.6. The highest BCUT2D eigenvalue weighted by Crippen LogP contribution is 2.37. The van der Waals surface area contributed by atoms with E-state index in [0.29, 0.717) is 17.1 Å². The fourth-order valence-electron chi connectivity index (χ4n) is 3.77. The average molecular weight is 390 g/mol. The molecular formula is C23H22N2O4. The second-order valence-corrected chi connectivity index (χ2v) is 6.98. The van der Waals surface area contributed by atoms with Gasteiger partial charge in [-0.1, -0.05) is 30.3 Å². The molecule has 0 bridgehead atoms. The van der Waals surface area contributed by atoms with Crippen LogP contribution in [0, 0.1) is 0 Å². The van der Waals surface area contributed by atoms with E-state index in [4.69, 9.17) is 9.47 Å². The molecule has 0 saturated carbocycles. The van der Waals surface area contributed by atoms with Crippen molar-refractivity contribution < 1.29 is 19.1 Å². The minimum Gasteiger partial charge on any atom is -0.493 e. The summed E-state index contributed by atoms with van der Waals surface area (Å²) >= 11 is 0. The van der Waals surface area contributed by atoms with Gasteiger partial charge in [0.15, 0.2) is 11.5 Å². The number of nitrogens with one attached hydrogen (secondary N) is 1. The molecule has 1 unspecified atom stereocenters.